The molecule has 2 N–H and O–H groups in total. The van der Waals surface area contributed by atoms with Crippen LogP contribution < -0.4 is 14.9 Å². The number of carbonyl (C=O) groups excluding carboxylic acids is 2. The molecule has 0 spiro atoms. The summed E-state index contributed by atoms with van der Waals surface area (Å²) in [7, 11) is -3.58. The van der Waals surface area contributed by atoms with Gasteiger partial charge < -0.3 is 10.2 Å². The number of amides is 2. The fourth-order valence-corrected chi connectivity index (χ4v) is 4.30. The molecule has 11 heteroatoms. The van der Waals surface area contributed by atoms with Crippen molar-refractivity contribution in [2.45, 2.75) is 32.1 Å². The molecule has 1 aromatic heterocycles. The van der Waals surface area contributed by atoms with Gasteiger partial charge in [-0.3, -0.25) is 14.5 Å². The van der Waals surface area contributed by atoms with Crippen LogP contribution in [0.15, 0.2) is 12.3 Å². The number of imide groups is 1. The lowest BCUT2D eigenvalue weighted by molar-refractivity contribution is -0.147. The van der Waals surface area contributed by atoms with E-state index in [2.05, 4.69) is 25.1 Å². The number of anilines is 2. The van der Waals surface area contributed by atoms with Crippen LogP contribution >= 0.6 is 0 Å². The molecule has 2 amide bonds. The van der Waals surface area contributed by atoms with Crippen LogP contribution in [0.5, 0.6) is 0 Å². The maximum Gasteiger partial charge on any atom is 0.229 e. The first-order chi connectivity index (χ1) is 13.4. The minimum atomic E-state index is -3.58. The van der Waals surface area contributed by atoms with E-state index >= 15 is 0 Å². The number of hydrogen-bond acceptors (Lipinski definition) is 8. The van der Waals surface area contributed by atoms with Crippen LogP contribution in [0, 0.1) is 0 Å². The summed E-state index contributed by atoms with van der Waals surface area (Å²) in [4.78, 5) is 26.7. The molecule has 0 aliphatic carbocycles. The second-order valence-electron chi connectivity index (χ2n) is 6.93. The van der Waals surface area contributed by atoms with Crippen LogP contribution in [0.2, 0.25) is 0 Å². The van der Waals surface area contributed by atoms with Gasteiger partial charge in [-0.05, 0) is 19.3 Å². The molecular weight excluding hydrogens is 384 g/mol. The van der Waals surface area contributed by atoms with Crippen molar-refractivity contribution in [1.82, 2.24) is 19.8 Å². The van der Waals surface area contributed by atoms with Crippen LogP contribution in [-0.2, 0) is 19.6 Å². The van der Waals surface area contributed by atoms with Gasteiger partial charge in [-0.2, -0.15) is 5.10 Å². The van der Waals surface area contributed by atoms with Crippen LogP contribution in [0.3, 0.4) is 0 Å². The number of likely N-dealkylation sites (tertiary alicyclic amines) is 1. The molecule has 0 radical (unpaired) electrons. The lowest BCUT2D eigenvalue weighted by atomic mass is 10.1. The van der Waals surface area contributed by atoms with Crippen molar-refractivity contribution in [2.75, 3.05) is 48.7 Å². The number of aromatic nitrogens is 2. The van der Waals surface area contributed by atoms with E-state index in [1.54, 1.807) is 6.20 Å². The number of carbonyl (C=O) groups is 2. The summed E-state index contributed by atoms with van der Waals surface area (Å²) >= 11 is 0. The van der Waals surface area contributed by atoms with E-state index in [9.17, 15) is 18.0 Å². The van der Waals surface area contributed by atoms with Crippen LogP contribution in [0.1, 0.15) is 32.1 Å². The summed E-state index contributed by atoms with van der Waals surface area (Å²) in [5.41, 5.74) is 1.01. The second kappa shape index (κ2) is 9.28. The Balaban J connectivity index is 1.41. The standard InChI is InChI=1S/C17H26N6O4S/c24-16-4-3-5-17(25)23(16)10-11-28(26,27)20-7-6-18-15-12-14(13-19-21-15)22-8-1-2-9-22/h12-13,20H,1-11H2,(H,18,21). The SMILES string of the molecule is O=C1CCCC(=O)N1CCS(=O)(=O)NCCNc1cc(N2CCCC2)cnn1. The van der Waals surface area contributed by atoms with Crippen molar-refractivity contribution in [3.05, 3.63) is 12.3 Å². The second-order valence-corrected chi connectivity index (χ2v) is 8.85. The Hall–Kier alpha value is -2.27. The third-order valence-electron chi connectivity index (χ3n) is 4.83. The Bertz CT molecular complexity index is 794. The Kier molecular flexibility index (Phi) is 6.79. The molecule has 2 aliphatic rings. The molecular formula is C17H26N6O4S. The third-order valence-corrected chi connectivity index (χ3v) is 6.20. The molecule has 0 unspecified atom stereocenters. The monoisotopic (exact) mass is 410 g/mol. The molecule has 0 aromatic carbocycles. The highest BCUT2D eigenvalue weighted by atomic mass is 32.2. The van der Waals surface area contributed by atoms with E-state index in [0.717, 1.165) is 23.7 Å². The van der Waals surface area contributed by atoms with Crippen molar-refractivity contribution in [1.29, 1.82) is 0 Å². The van der Waals surface area contributed by atoms with Gasteiger partial charge in [0.25, 0.3) is 0 Å². The van der Waals surface area contributed by atoms with Crippen LogP contribution in [-0.4, -0.2) is 73.8 Å². The van der Waals surface area contributed by atoms with Gasteiger partial charge in [-0.15, -0.1) is 5.10 Å². The van der Waals surface area contributed by atoms with E-state index in [1.165, 1.54) is 12.8 Å². The first-order valence-electron chi connectivity index (χ1n) is 9.57. The maximum atomic E-state index is 12.1. The van der Waals surface area contributed by atoms with Gasteiger partial charge in [0.15, 0.2) is 5.82 Å². The number of rotatable bonds is 9. The zero-order valence-electron chi connectivity index (χ0n) is 15.8. The minimum absolute atomic E-state index is 0.107. The lowest BCUT2D eigenvalue weighted by Crippen LogP contribution is -2.44. The molecule has 2 saturated heterocycles. The zero-order valence-corrected chi connectivity index (χ0v) is 16.6. The van der Waals surface area contributed by atoms with E-state index in [-0.39, 0.29) is 30.7 Å². The first-order valence-corrected chi connectivity index (χ1v) is 11.2. The van der Waals surface area contributed by atoms with Gasteiger partial charge in [-0.25, -0.2) is 13.1 Å². The highest BCUT2D eigenvalue weighted by molar-refractivity contribution is 7.89. The Morgan fingerprint density at radius 1 is 1.04 bits per heavy atom. The third kappa shape index (κ3) is 5.61. The molecule has 154 valence electrons. The number of nitrogens with zero attached hydrogens (tertiary/aromatic N) is 4. The van der Waals surface area contributed by atoms with Crippen LogP contribution in [0.4, 0.5) is 11.5 Å². The van der Waals surface area contributed by atoms with Gasteiger partial charge >= 0.3 is 0 Å². The van der Waals surface area contributed by atoms with Crippen molar-refractivity contribution < 1.29 is 18.0 Å². The molecule has 0 saturated carbocycles. The highest BCUT2D eigenvalue weighted by Gasteiger charge is 2.27. The summed E-state index contributed by atoms with van der Waals surface area (Å²) in [6.07, 6.45) is 5.18. The van der Waals surface area contributed by atoms with E-state index in [0.29, 0.717) is 31.6 Å². The largest absolute Gasteiger partial charge is 0.370 e. The summed E-state index contributed by atoms with van der Waals surface area (Å²) < 4.78 is 26.7. The van der Waals surface area contributed by atoms with E-state index in [1.807, 2.05) is 6.07 Å². The fourth-order valence-electron chi connectivity index (χ4n) is 3.32. The maximum absolute atomic E-state index is 12.1. The van der Waals surface area contributed by atoms with Crippen molar-refractivity contribution in [3.63, 3.8) is 0 Å². The Labute approximate surface area is 164 Å². The van der Waals surface area contributed by atoms with Gasteiger partial charge in [-0.1, -0.05) is 0 Å². The molecule has 1 aromatic rings. The molecule has 0 bridgehead atoms. The van der Waals surface area contributed by atoms with Crippen LogP contribution in [0.25, 0.3) is 0 Å². The van der Waals surface area contributed by atoms with E-state index in [4.69, 9.17) is 0 Å². The average molecular weight is 411 g/mol. The van der Waals surface area contributed by atoms with Gasteiger partial charge in [0.1, 0.15) is 0 Å². The molecule has 2 fully saturated rings. The molecule has 2 aliphatic heterocycles. The lowest BCUT2D eigenvalue weighted by Gasteiger charge is -2.24. The molecule has 3 rings (SSSR count). The number of nitrogens with one attached hydrogen (secondary N) is 2. The summed E-state index contributed by atoms with van der Waals surface area (Å²) in [5.74, 6) is -0.309. The average Bonchev–Trinajstić information content (AvgIpc) is 3.20. The predicted molar refractivity (Wildman–Crippen MR) is 104 cm³/mol. The summed E-state index contributed by atoms with van der Waals surface area (Å²) in [6.45, 7) is 2.42. The minimum Gasteiger partial charge on any atom is -0.370 e. The Morgan fingerprint density at radius 2 is 1.75 bits per heavy atom. The van der Waals surface area contributed by atoms with Crippen molar-refractivity contribution in [3.8, 4) is 0 Å². The van der Waals surface area contributed by atoms with Crippen molar-refractivity contribution in [2.24, 2.45) is 0 Å². The fraction of sp³-hybridized carbons (Fsp3) is 0.647. The summed E-state index contributed by atoms with van der Waals surface area (Å²) in [6, 6.07) is 1.90. The topological polar surface area (TPSA) is 125 Å². The predicted octanol–water partition coefficient (Wildman–Crippen LogP) is -0.0528. The van der Waals surface area contributed by atoms with Gasteiger partial charge in [0, 0.05) is 51.6 Å². The van der Waals surface area contributed by atoms with Gasteiger partial charge in [0.05, 0.1) is 17.6 Å². The summed E-state index contributed by atoms with van der Waals surface area (Å²) in [5, 5.41) is 11.1. The number of hydrogen-bond donors (Lipinski definition) is 2. The Morgan fingerprint density at radius 3 is 2.46 bits per heavy atom. The molecule has 10 nitrogen and oxygen atoms in total. The molecule has 28 heavy (non-hydrogen) atoms. The zero-order chi connectivity index (χ0) is 20.0. The normalized spacial score (nSPS) is 18.0. The van der Waals surface area contributed by atoms with Crippen molar-refractivity contribution >= 4 is 33.3 Å². The first kappa shape index (κ1) is 20.5. The smallest absolute Gasteiger partial charge is 0.229 e. The highest BCUT2D eigenvalue weighted by Crippen LogP contribution is 2.20. The van der Waals surface area contributed by atoms with Gasteiger partial charge in [0.2, 0.25) is 21.8 Å². The molecule has 0 atom stereocenters. The molecule has 3 heterocycles. The van der Waals surface area contributed by atoms with E-state index < -0.39 is 10.0 Å². The quantitative estimate of drug-likeness (QED) is 0.429. The number of sulfonamides is 1. The number of piperidine rings is 1.